The molecule has 6 nitrogen and oxygen atoms in total. The van der Waals surface area contributed by atoms with Crippen LogP contribution in [0, 0.1) is 0 Å². The molecule has 146 valence electrons. The highest BCUT2D eigenvalue weighted by Crippen LogP contribution is 2.30. The molecule has 1 unspecified atom stereocenters. The third kappa shape index (κ3) is 3.23. The van der Waals surface area contributed by atoms with Crippen molar-refractivity contribution >= 4 is 40.3 Å². The van der Waals surface area contributed by atoms with E-state index in [1.807, 2.05) is 78.4 Å². The summed E-state index contributed by atoms with van der Waals surface area (Å²) in [6.45, 7) is 3.61. The van der Waals surface area contributed by atoms with Gasteiger partial charge in [-0.1, -0.05) is 36.4 Å². The molecule has 0 saturated carbocycles. The molecule has 1 aromatic heterocycles. The average Bonchev–Trinajstić information content (AvgIpc) is 3.26. The van der Waals surface area contributed by atoms with Gasteiger partial charge in [0.15, 0.2) is 0 Å². The number of carbonyl (C=O) groups excluding carboxylic acids is 2. The van der Waals surface area contributed by atoms with Crippen molar-refractivity contribution in [3.05, 3.63) is 71.9 Å². The minimum atomic E-state index is -0.480. The minimum Gasteiger partial charge on any atom is -0.467 e. The van der Waals surface area contributed by atoms with Crippen molar-refractivity contribution in [2.45, 2.75) is 19.9 Å². The normalized spacial score (nSPS) is 16.4. The summed E-state index contributed by atoms with van der Waals surface area (Å²) >= 11 is 0. The summed E-state index contributed by atoms with van der Waals surface area (Å²) < 4.78 is 6.77. The number of para-hydroxylation sites is 2. The van der Waals surface area contributed by atoms with Gasteiger partial charge < -0.3 is 9.30 Å². The van der Waals surface area contributed by atoms with Gasteiger partial charge in [0.25, 0.3) is 5.91 Å². The van der Waals surface area contributed by atoms with Crippen LogP contribution in [0.4, 0.5) is 5.69 Å². The molecule has 0 bridgehead atoms. The highest BCUT2D eigenvalue weighted by atomic mass is 16.5. The van der Waals surface area contributed by atoms with E-state index in [2.05, 4.69) is 5.10 Å². The largest absolute Gasteiger partial charge is 0.467 e. The fraction of sp³-hybridized carbons (Fsp3) is 0.174. The Hall–Kier alpha value is -3.67. The highest BCUT2D eigenvalue weighted by molar-refractivity contribution is 6.32. The molecule has 29 heavy (non-hydrogen) atoms. The number of rotatable bonds is 4. The fourth-order valence-electron chi connectivity index (χ4n) is 3.54. The number of esters is 1. The van der Waals surface area contributed by atoms with Crippen molar-refractivity contribution in [2.75, 3.05) is 12.1 Å². The molecule has 0 spiro atoms. The lowest BCUT2D eigenvalue weighted by Gasteiger charge is -2.12. The third-order valence-corrected chi connectivity index (χ3v) is 5.09. The van der Waals surface area contributed by atoms with Crippen molar-refractivity contribution in [3.8, 4) is 0 Å². The second kappa shape index (κ2) is 7.39. The van der Waals surface area contributed by atoms with E-state index in [-0.39, 0.29) is 11.9 Å². The zero-order valence-corrected chi connectivity index (χ0v) is 16.5. The molecule has 0 radical (unpaired) electrons. The second-order valence-electron chi connectivity index (χ2n) is 6.90. The van der Waals surface area contributed by atoms with Gasteiger partial charge in [-0.05, 0) is 38.1 Å². The fourth-order valence-corrected chi connectivity index (χ4v) is 3.54. The van der Waals surface area contributed by atoms with E-state index in [0.717, 1.165) is 22.2 Å². The highest BCUT2D eigenvalue weighted by Gasteiger charge is 2.29. The zero-order valence-electron chi connectivity index (χ0n) is 16.5. The number of hydrogen-bond donors (Lipinski definition) is 0. The van der Waals surface area contributed by atoms with Crippen LogP contribution in [0.5, 0.6) is 0 Å². The topological polar surface area (TPSA) is 63.9 Å². The van der Waals surface area contributed by atoms with E-state index in [0.29, 0.717) is 11.3 Å². The third-order valence-electron chi connectivity index (χ3n) is 5.09. The molecule has 1 aliphatic rings. The number of nitrogens with zero attached hydrogens (tertiary/aromatic N) is 3. The van der Waals surface area contributed by atoms with E-state index >= 15 is 0 Å². The summed E-state index contributed by atoms with van der Waals surface area (Å²) in [5.41, 5.74) is 3.66. The molecular formula is C23H21N3O3. The lowest BCUT2D eigenvalue weighted by atomic mass is 10.1. The molecule has 6 heteroatoms. The summed E-state index contributed by atoms with van der Waals surface area (Å²) in [5.74, 6) is -0.499. The Morgan fingerprint density at radius 3 is 2.52 bits per heavy atom. The van der Waals surface area contributed by atoms with Crippen LogP contribution >= 0.6 is 0 Å². The van der Waals surface area contributed by atoms with Gasteiger partial charge in [0.2, 0.25) is 0 Å². The minimum absolute atomic E-state index is 0.174. The van der Waals surface area contributed by atoms with Crippen molar-refractivity contribution in [2.24, 2.45) is 5.10 Å². The molecule has 1 aliphatic heterocycles. The first kappa shape index (κ1) is 18.7. The Balaban J connectivity index is 1.78. The number of benzene rings is 2. The van der Waals surface area contributed by atoms with Crippen LogP contribution in [-0.2, 0) is 14.3 Å². The molecule has 0 saturated heterocycles. The van der Waals surface area contributed by atoms with Crippen LogP contribution in [0.15, 0.2) is 71.5 Å². The summed E-state index contributed by atoms with van der Waals surface area (Å²) in [6, 6.07) is 16.6. The Morgan fingerprint density at radius 1 is 1.10 bits per heavy atom. The molecule has 2 heterocycles. The average molecular weight is 387 g/mol. The standard InChI is InChI=1S/C23H21N3O3/c1-15-20(22(27)26(24-15)18-9-5-4-6-10-18)13-17-14-25(16(2)23(28)29-3)21-12-8-7-11-19(17)21/h4-14,16H,1-3H3. The molecule has 0 fully saturated rings. The van der Waals surface area contributed by atoms with Crippen molar-refractivity contribution in [1.82, 2.24) is 4.57 Å². The summed E-state index contributed by atoms with van der Waals surface area (Å²) in [6.07, 6.45) is 3.72. The number of hydrazone groups is 1. The monoisotopic (exact) mass is 387 g/mol. The summed E-state index contributed by atoms with van der Waals surface area (Å²) in [4.78, 5) is 25.1. The van der Waals surface area contributed by atoms with E-state index in [1.165, 1.54) is 12.1 Å². The van der Waals surface area contributed by atoms with Gasteiger partial charge in [0, 0.05) is 22.7 Å². The van der Waals surface area contributed by atoms with Crippen LogP contribution in [0.25, 0.3) is 17.0 Å². The predicted octanol–water partition coefficient (Wildman–Crippen LogP) is 4.18. The van der Waals surface area contributed by atoms with Crippen molar-refractivity contribution < 1.29 is 14.3 Å². The number of ether oxygens (including phenoxy) is 1. The lowest BCUT2D eigenvalue weighted by Crippen LogP contribution is -2.21. The Bertz CT molecular complexity index is 1160. The van der Waals surface area contributed by atoms with Gasteiger partial charge in [0.05, 0.1) is 24.1 Å². The molecule has 2 aromatic carbocycles. The van der Waals surface area contributed by atoms with Crippen molar-refractivity contribution in [1.29, 1.82) is 0 Å². The molecule has 1 atom stereocenters. The second-order valence-corrected chi connectivity index (χ2v) is 6.90. The van der Waals surface area contributed by atoms with E-state index in [4.69, 9.17) is 4.74 Å². The number of aromatic nitrogens is 1. The zero-order chi connectivity index (χ0) is 20.5. The maximum absolute atomic E-state index is 13.0. The van der Waals surface area contributed by atoms with Crippen LogP contribution in [0.3, 0.4) is 0 Å². The summed E-state index contributed by atoms with van der Waals surface area (Å²) in [7, 11) is 1.38. The van der Waals surface area contributed by atoms with Crippen molar-refractivity contribution in [3.63, 3.8) is 0 Å². The van der Waals surface area contributed by atoms with Crippen LogP contribution in [0.2, 0.25) is 0 Å². The first-order chi connectivity index (χ1) is 14.0. The molecule has 3 aromatic rings. The summed E-state index contributed by atoms with van der Waals surface area (Å²) in [5, 5.41) is 6.80. The number of methoxy groups -OCH3 is 1. The van der Waals surface area contributed by atoms with Gasteiger partial charge in [0.1, 0.15) is 6.04 Å². The van der Waals surface area contributed by atoms with Crippen LogP contribution < -0.4 is 5.01 Å². The van der Waals surface area contributed by atoms with Gasteiger partial charge in [-0.3, -0.25) is 4.79 Å². The first-order valence-corrected chi connectivity index (χ1v) is 9.35. The molecule has 1 amide bonds. The molecule has 0 N–H and O–H groups in total. The SMILES string of the molecule is COC(=O)C(C)n1cc(C=C2C(=O)N(c3ccccc3)N=C2C)c2ccccc21. The lowest BCUT2D eigenvalue weighted by molar-refractivity contribution is -0.143. The number of hydrogen-bond acceptors (Lipinski definition) is 4. The maximum Gasteiger partial charge on any atom is 0.328 e. The number of fused-ring (bicyclic) bond motifs is 1. The van der Waals surface area contributed by atoms with Gasteiger partial charge in [-0.25, -0.2) is 4.79 Å². The Labute approximate surface area is 168 Å². The molecule has 4 rings (SSSR count). The molecular weight excluding hydrogens is 366 g/mol. The Kier molecular flexibility index (Phi) is 4.76. The van der Waals surface area contributed by atoms with Crippen LogP contribution in [0.1, 0.15) is 25.5 Å². The van der Waals surface area contributed by atoms with E-state index < -0.39 is 6.04 Å². The molecule has 0 aliphatic carbocycles. The van der Waals surface area contributed by atoms with Gasteiger partial charge >= 0.3 is 5.97 Å². The predicted molar refractivity (Wildman–Crippen MR) is 114 cm³/mol. The van der Waals surface area contributed by atoms with E-state index in [9.17, 15) is 9.59 Å². The smallest absolute Gasteiger partial charge is 0.328 e. The van der Waals surface area contributed by atoms with Gasteiger partial charge in [-0.15, -0.1) is 0 Å². The Morgan fingerprint density at radius 2 is 1.79 bits per heavy atom. The van der Waals surface area contributed by atoms with Gasteiger partial charge in [-0.2, -0.15) is 10.1 Å². The maximum atomic E-state index is 13.0. The van der Waals surface area contributed by atoms with E-state index in [1.54, 1.807) is 6.92 Å². The quantitative estimate of drug-likeness (QED) is 0.498. The number of carbonyl (C=O) groups is 2. The first-order valence-electron chi connectivity index (χ1n) is 9.35. The number of anilines is 1. The van der Waals surface area contributed by atoms with Crippen LogP contribution in [-0.4, -0.2) is 29.3 Å². The number of amides is 1.